The first kappa shape index (κ1) is 17.8. The first-order chi connectivity index (χ1) is 11.0. The van der Waals surface area contributed by atoms with Gasteiger partial charge in [0.1, 0.15) is 5.65 Å². The van der Waals surface area contributed by atoms with E-state index in [0.717, 1.165) is 11.3 Å². The van der Waals surface area contributed by atoms with E-state index in [9.17, 15) is 9.90 Å². The molecule has 1 amide bonds. The third-order valence-corrected chi connectivity index (χ3v) is 5.03. The van der Waals surface area contributed by atoms with Crippen LogP contribution in [0.1, 0.15) is 37.9 Å². The van der Waals surface area contributed by atoms with Crippen LogP contribution in [0.25, 0.3) is 5.65 Å². The Labute approximate surface area is 141 Å². The molecule has 0 saturated heterocycles. The van der Waals surface area contributed by atoms with E-state index in [1.165, 1.54) is 17.3 Å². The highest BCUT2D eigenvalue weighted by Crippen LogP contribution is 2.15. The van der Waals surface area contributed by atoms with Gasteiger partial charge in [-0.15, -0.1) is 11.8 Å². The summed E-state index contributed by atoms with van der Waals surface area (Å²) in [6, 6.07) is 4.03. The average Bonchev–Trinajstić information content (AvgIpc) is 2.94. The van der Waals surface area contributed by atoms with E-state index in [-0.39, 0.29) is 5.91 Å². The zero-order chi connectivity index (χ0) is 16.9. The number of fused-ring (bicyclic) bond motifs is 1. The summed E-state index contributed by atoms with van der Waals surface area (Å²) >= 11 is 1.53. The first-order valence-corrected chi connectivity index (χ1v) is 9.12. The summed E-state index contributed by atoms with van der Waals surface area (Å²) in [6.45, 7) is 6.21. The number of carbonyl (C=O) groups excluding carboxylic acids is 1. The molecular formula is C17H25N3O2S. The minimum atomic E-state index is -0.792. The number of pyridine rings is 1. The molecule has 23 heavy (non-hydrogen) atoms. The van der Waals surface area contributed by atoms with Crippen molar-refractivity contribution >= 4 is 23.3 Å². The summed E-state index contributed by atoms with van der Waals surface area (Å²) in [5, 5.41) is 13.0. The van der Waals surface area contributed by atoms with Gasteiger partial charge in [-0.05, 0) is 31.4 Å². The van der Waals surface area contributed by atoms with E-state index in [4.69, 9.17) is 0 Å². The van der Waals surface area contributed by atoms with Gasteiger partial charge in [0.25, 0.3) is 0 Å². The number of aromatic nitrogens is 2. The number of aryl methyl sites for hydroxylation is 1. The highest BCUT2D eigenvalue weighted by molar-refractivity contribution is 7.99. The second-order valence-corrected chi connectivity index (χ2v) is 6.89. The molecule has 2 rings (SSSR count). The van der Waals surface area contributed by atoms with E-state index in [1.54, 1.807) is 0 Å². The Morgan fingerprint density at radius 1 is 1.35 bits per heavy atom. The number of rotatable bonds is 8. The van der Waals surface area contributed by atoms with Gasteiger partial charge in [0.05, 0.1) is 17.0 Å². The molecular weight excluding hydrogens is 310 g/mol. The molecule has 0 aliphatic rings. The first-order valence-electron chi connectivity index (χ1n) is 7.97. The summed E-state index contributed by atoms with van der Waals surface area (Å²) in [4.78, 5) is 16.4. The molecule has 0 aliphatic carbocycles. The third kappa shape index (κ3) is 4.97. The number of nitrogens with one attached hydrogen (secondary N) is 1. The Hall–Kier alpha value is -1.53. The quantitative estimate of drug-likeness (QED) is 0.778. The van der Waals surface area contributed by atoms with Crippen molar-refractivity contribution in [3.8, 4) is 0 Å². The lowest BCUT2D eigenvalue weighted by molar-refractivity contribution is -0.119. The fourth-order valence-electron chi connectivity index (χ4n) is 2.29. The van der Waals surface area contributed by atoms with Crippen molar-refractivity contribution in [2.45, 2.75) is 45.0 Å². The predicted molar refractivity (Wildman–Crippen MR) is 94.6 cm³/mol. The van der Waals surface area contributed by atoms with Gasteiger partial charge in [0.15, 0.2) is 0 Å². The predicted octanol–water partition coefficient (Wildman–Crippen LogP) is 2.54. The molecule has 126 valence electrons. The van der Waals surface area contributed by atoms with Crippen LogP contribution in [0.4, 0.5) is 0 Å². The number of imidazole rings is 1. The Morgan fingerprint density at radius 3 is 2.78 bits per heavy atom. The van der Waals surface area contributed by atoms with E-state index >= 15 is 0 Å². The maximum Gasteiger partial charge on any atom is 0.230 e. The topological polar surface area (TPSA) is 66.6 Å². The third-order valence-electron chi connectivity index (χ3n) is 4.06. The van der Waals surface area contributed by atoms with Gasteiger partial charge >= 0.3 is 0 Å². The maximum absolute atomic E-state index is 11.9. The molecule has 0 unspecified atom stereocenters. The molecule has 2 N–H and O–H groups in total. The average molecular weight is 335 g/mol. The monoisotopic (exact) mass is 335 g/mol. The molecule has 0 fully saturated rings. The minimum absolute atomic E-state index is 0.0464. The number of hydrogen-bond donors (Lipinski definition) is 2. The van der Waals surface area contributed by atoms with Crippen molar-refractivity contribution < 1.29 is 9.90 Å². The van der Waals surface area contributed by atoms with Crippen molar-refractivity contribution in [2.24, 2.45) is 0 Å². The van der Waals surface area contributed by atoms with E-state index < -0.39 is 5.60 Å². The standard InChI is InChI=1S/C17H25N3O2S/c1-4-17(22,5-2)12-18-16(21)11-23-10-14-9-20-8-13(3)6-7-15(20)19-14/h6-9,22H,4-5,10-12H2,1-3H3,(H,18,21). The smallest absolute Gasteiger partial charge is 0.230 e. The van der Waals surface area contributed by atoms with Crippen LogP contribution < -0.4 is 5.32 Å². The van der Waals surface area contributed by atoms with Crippen LogP contribution in [0.3, 0.4) is 0 Å². The number of hydrogen-bond acceptors (Lipinski definition) is 4. The second-order valence-electron chi connectivity index (χ2n) is 5.91. The van der Waals surface area contributed by atoms with Gasteiger partial charge in [0.2, 0.25) is 5.91 Å². The highest BCUT2D eigenvalue weighted by atomic mass is 32.2. The minimum Gasteiger partial charge on any atom is -0.388 e. The van der Waals surface area contributed by atoms with Crippen LogP contribution in [-0.4, -0.2) is 38.3 Å². The zero-order valence-corrected chi connectivity index (χ0v) is 14.8. The lowest BCUT2D eigenvalue weighted by atomic mass is 9.98. The summed E-state index contributed by atoms with van der Waals surface area (Å²) in [5.74, 6) is 1.02. The fourth-order valence-corrected chi connectivity index (χ4v) is 3.03. The largest absolute Gasteiger partial charge is 0.388 e. The summed E-state index contributed by atoms with van der Waals surface area (Å²) in [5.41, 5.74) is 2.28. The number of amides is 1. The zero-order valence-electron chi connectivity index (χ0n) is 14.0. The summed E-state index contributed by atoms with van der Waals surface area (Å²) in [6.07, 6.45) is 5.31. The van der Waals surface area contributed by atoms with Gasteiger partial charge in [-0.25, -0.2) is 4.98 Å². The molecule has 0 aromatic carbocycles. The van der Waals surface area contributed by atoms with Crippen LogP contribution in [0.2, 0.25) is 0 Å². The Balaban J connectivity index is 1.78. The van der Waals surface area contributed by atoms with Gasteiger partial charge < -0.3 is 14.8 Å². The van der Waals surface area contributed by atoms with Gasteiger partial charge in [-0.1, -0.05) is 19.9 Å². The van der Waals surface area contributed by atoms with Crippen LogP contribution in [0.15, 0.2) is 24.5 Å². The number of nitrogens with zero attached hydrogens (tertiary/aromatic N) is 2. The lowest BCUT2D eigenvalue weighted by Crippen LogP contribution is -2.42. The SMILES string of the molecule is CCC(O)(CC)CNC(=O)CSCc1cn2cc(C)ccc2n1. The van der Waals surface area contributed by atoms with Crippen molar-refractivity contribution in [3.63, 3.8) is 0 Å². The Bertz CT molecular complexity index is 665. The van der Waals surface area contributed by atoms with E-state index in [2.05, 4.69) is 10.3 Å². The number of thioether (sulfide) groups is 1. The summed E-state index contributed by atoms with van der Waals surface area (Å²) < 4.78 is 2.01. The van der Waals surface area contributed by atoms with E-state index in [0.29, 0.717) is 30.9 Å². The molecule has 0 atom stereocenters. The molecule has 6 heteroatoms. The van der Waals surface area contributed by atoms with E-state index in [1.807, 2.05) is 49.7 Å². The van der Waals surface area contributed by atoms with Crippen molar-refractivity contribution in [3.05, 3.63) is 35.8 Å². The number of aliphatic hydroxyl groups is 1. The van der Waals surface area contributed by atoms with Gasteiger partial charge in [0, 0.05) is 24.7 Å². The Morgan fingerprint density at radius 2 is 2.09 bits per heavy atom. The van der Waals surface area contributed by atoms with Crippen molar-refractivity contribution in [1.82, 2.24) is 14.7 Å². The highest BCUT2D eigenvalue weighted by Gasteiger charge is 2.22. The molecule has 5 nitrogen and oxygen atoms in total. The Kier molecular flexibility index (Phi) is 6.07. The molecule has 2 aromatic rings. The molecule has 0 aliphatic heterocycles. The van der Waals surface area contributed by atoms with Gasteiger partial charge in [-0.3, -0.25) is 4.79 Å². The molecule has 0 saturated carbocycles. The molecule has 0 bridgehead atoms. The van der Waals surface area contributed by atoms with Crippen LogP contribution >= 0.6 is 11.8 Å². The molecule has 0 spiro atoms. The van der Waals surface area contributed by atoms with Crippen LogP contribution in [0.5, 0.6) is 0 Å². The van der Waals surface area contributed by atoms with Gasteiger partial charge in [-0.2, -0.15) is 0 Å². The fraction of sp³-hybridized carbons (Fsp3) is 0.529. The lowest BCUT2D eigenvalue weighted by Gasteiger charge is -2.25. The molecule has 0 radical (unpaired) electrons. The van der Waals surface area contributed by atoms with Crippen molar-refractivity contribution in [1.29, 1.82) is 0 Å². The number of carbonyl (C=O) groups is 1. The second kappa shape index (κ2) is 7.84. The molecule has 2 heterocycles. The maximum atomic E-state index is 11.9. The normalized spacial score (nSPS) is 11.8. The summed E-state index contributed by atoms with van der Waals surface area (Å²) in [7, 11) is 0. The molecule has 2 aromatic heterocycles. The van der Waals surface area contributed by atoms with Crippen LogP contribution in [0, 0.1) is 6.92 Å². The van der Waals surface area contributed by atoms with Crippen LogP contribution in [-0.2, 0) is 10.5 Å². The van der Waals surface area contributed by atoms with Crippen molar-refractivity contribution in [2.75, 3.05) is 12.3 Å².